The molecule has 21 heavy (non-hydrogen) atoms. The van der Waals surface area contributed by atoms with Gasteiger partial charge in [0.05, 0.1) is 6.54 Å². The molecule has 1 amide bonds. The van der Waals surface area contributed by atoms with Crippen molar-refractivity contribution in [1.29, 1.82) is 0 Å². The van der Waals surface area contributed by atoms with Crippen molar-refractivity contribution in [1.82, 2.24) is 9.80 Å². The van der Waals surface area contributed by atoms with E-state index in [1.807, 2.05) is 31.2 Å². The van der Waals surface area contributed by atoms with Gasteiger partial charge in [0.25, 0.3) is 0 Å². The zero-order valence-corrected chi connectivity index (χ0v) is 12.8. The van der Waals surface area contributed by atoms with Crippen molar-refractivity contribution in [2.45, 2.75) is 13.3 Å². The van der Waals surface area contributed by atoms with Gasteiger partial charge in [-0.05, 0) is 44.1 Å². The Morgan fingerprint density at radius 2 is 2.00 bits per heavy atom. The number of carbonyl (C=O) groups excluding carboxylic acids is 1. The number of hydrogen-bond donors (Lipinski definition) is 2. The first kappa shape index (κ1) is 15.9. The standard InChI is InChI=1S/C16H26N4O/c1-14-4-2-5-15(12-14)18-16(21)13-20-8-3-7-19(9-6-17)10-11-20/h2,4-5,12H,3,6-11,13,17H2,1H3,(H,18,21). The molecule has 0 aliphatic carbocycles. The fraction of sp³-hybridized carbons (Fsp3) is 0.562. The first-order valence-electron chi connectivity index (χ1n) is 7.68. The molecule has 0 saturated carbocycles. The smallest absolute Gasteiger partial charge is 0.238 e. The van der Waals surface area contributed by atoms with Gasteiger partial charge in [0, 0.05) is 31.9 Å². The van der Waals surface area contributed by atoms with Crippen molar-refractivity contribution in [3.05, 3.63) is 29.8 Å². The Morgan fingerprint density at radius 1 is 1.24 bits per heavy atom. The van der Waals surface area contributed by atoms with Gasteiger partial charge in [-0.1, -0.05) is 12.1 Å². The third-order valence-electron chi connectivity index (χ3n) is 3.80. The molecule has 0 radical (unpaired) electrons. The van der Waals surface area contributed by atoms with Crippen molar-refractivity contribution in [2.75, 3.05) is 51.1 Å². The van der Waals surface area contributed by atoms with E-state index in [0.717, 1.165) is 50.4 Å². The molecular weight excluding hydrogens is 264 g/mol. The highest BCUT2D eigenvalue weighted by Crippen LogP contribution is 2.10. The average Bonchev–Trinajstić information content (AvgIpc) is 2.65. The zero-order valence-electron chi connectivity index (χ0n) is 12.8. The predicted octanol–water partition coefficient (Wildman–Crippen LogP) is 0.900. The van der Waals surface area contributed by atoms with Gasteiger partial charge in [0.1, 0.15) is 0 Å². The van der Waals surface area contributed by atoms with Crippen molar-refractivity contribution in [3.63, 3.8) is 0 Å². The molecule has 0 bridgehead atoms. The molecule has 1 aliphatic rings. The number of hydrogen-bond acceptors (Lipinski definition) is 4. The van der Waals surface area contributed by atoms with Crippen LogP contribution in [-0.2, 0) is 4.79 Å². The molecule has 3 N–H and O–H groups in total. The number of nitrogens with two attached hydrogens (primary N) is 1. The fourth-order valence-corrected chi connectivity index (χ4v) is 2.72. The Kier molecular flexibility index (Phi) is 6.17. The zero-order chi connectivity index (χ0) is 15.1. The third-order valence-corrected chi connectivity index (χ3v) is 3.80. The lowest BCUT2D eigenvalue weighted by atomic mass is 10.2. The van der Waals surface area contributed by atoms with Gasteiger partial charge in [-0.3, -0.25) is 9.69 Å². The van der Waals surface area contributed by atoms with Crippen LogP contribution < -0.4 is 11.1 Å². The molecule has 0 spiro atoms. The van der Waals surface area contributed by atoms with Crippen LogP contribution in [0.3, 0.4) is 0 Å². The van der Waals surface area contributed by atoms with Crippen LogP contribution >= 0.6 is 0 Å². The van der Waals surface area contributed by atoms with E-state index in [1.165, 1.54) is 0 Å². The molecule has 5 heteroatoms. The highest BCUT2D eigenvalue weighted by atomic mass is 16.2. The molecule has 1 heterocycles. The lowest BCUT2D eigenvalue weighted by Crippen LogP contribution is -2.37. The summed E-state index contributed by atoms with van der Waals surface area (Å²) in [5, 5.41) is 2.97. The van der Waals surface area contributed by atoms with Gasteiger partial charge in [-0.2, -0.15) is 0 Å². The second kappa shape index (κ2) is 8.12. The summed E-state index contributed by atoms with van der Waals surface area (Å²) >= 11 is 0. The summed E-state index contributed by atoms with van der Waals surface area (Å²) < 4.78 is 0. The molecule has 116 valence electrons. The lowest BCUT2D eigenvalue weighted by molar-refractivity contribution is -0.117. The van der Waals surface area contributed by atoms with Gasteiger partial charge in [-0.25, -0.2) is 0 Å². The topological polar surface area (TPSA) is 61.6 Å². The molecule has 0 unspecified atom stereocenters. The Labute approximate surface area is 127 Å². The van der Waals surface area contributed by atoms with Crippen LogP contribution in [-0.4, -0.2) is 61.5 Å². The van der Waals surface area contributed by atoms with Crippen LogP contribution in [0.4, 0.5) is 5.69 Å². The van der Waals surface area contributed by atoms with Crippen molar-refractivity contribution in [3.8, 4) is 0 Å². The Hall–Kier alpha value is -1.43. The maximum absolute atomic E-state index is 12.1. The van der Waals surface area contributed by atoms with Crippen molar-refractivity contribution < 1.29 is 4.79 Å². The molecule has 1 aliphatic heterocycles. The summed E-state index contributed by atoms with van der Waals surface area (Å²) in [4.78, 5) is 16.7. The molecule has 1 aromatic rings. The SMILES string of the molecule is Cc1cccc(NC(=O)CN2CCCN(CCN)CC2)c1. The minimum Gasteiger partial charge on any atom is -0.329 e. The largest absolute Gasteiger partial charge is 0.329 e. The number of nitrogens with one attached hydrogen (secondary N) is 1. The minimum atomic E-state index is 0.0628. The van der Waals surface area contributed by atoms with Crippen LogP contribution in [0.5, 0.6) is 0 Å². The van der Waals surface area contributed by atoms with E-state index < -0.39 is 0 Å². The molecule has 5 nitrogen and oxygen atoms in total. The van der Waals surface area contributed by atoms with Crippen LogP contribution in [0, 0.1) is 6.92 Å². The molecule has 2 rings (SSSR count). The molecular formula is C16H26N4O. The highest BCUT2D eigenvalue weighted by molar-refractivity contribution is 5.92. The normalized spacial score (nSPS) is 17.4. The Morgan fingerprint density at radius 3 is 2.76 bits per heavy atom. The second-order valence-electron chi connectivity index (χ2n) is 5.68. The molecule has 0 atom stereocenters. The van der Waals surface area contributed by atoms with Gasteiger partial charge in [0.15, 0.2) is 0 Å². The van der Waals surface area contributed by atoms with Crippen molar-refractivity contribution >= 4 is 11.6 Å². The maximum Gasteiger partial charge on any atom is 0.238 e. The average molecular weight is 290 g/mol. The third kappa shape index (κ3) is 5.46. The van der Waals surface area contributed by atoms with E-state index in [2.05, 4.69) is 15.1 Å². The van der Waals surface area contributed by atoms with E-state index in [1.54, 1.807) is 0 Å². The number of aryl methyl sites for hydroxylation is 1. The second-order valence-corrected chi connectivity index (χ2v) is 5.68. The van der Waals surface area contributed by atoms with E-state index in [4.69, 9.17) is 5.73 Å². The Bertz CT molecular complexity index is 463. The number of carbonyl (C=O) groups is 1. The van der Waals surface area contributed by atoms with E-state index in [0.29, 0.717) is 13.1 Å². The number of amides is 1. The van der Waals surface area contributed by atoms with Crippen LogP contribution in [0.1, 0.15) is 12.0 Å². The summed E-state index contributed by atoms with van der Waals surface area (Å²) in [5.74, 6) is 0.0628. The summed E-state index contributed by atoms with van der Waals surface area (Å²) in [6, 6.07) is 7.90. The highest BCUT2D eigenvalue weighted by Gasteiger charge is 2.16. The van der Waals surface area contributed by atoms with Gasteiger partial charge >= 0.3 is 0 Å². The van der Waals surface area contributed by atoms with Crippen LogP contribution in [0.15, 0.2) is 24.3 Å². The van der Waals surface area contributed by atoms with Crippen LogP contribution in [0.2, 0.25) is 0 Å². The summed E-state index contributed by atoms with van der Waals surface area (Å²) in [7, 11) is 0. The molecule has 1 saturated heterocycles. The number of rotatable bonds is 5. The first-order chi connectivity index (χ1) is 10.2. The molecule has 0 aromatic heterocycles. The lowest BCUT2D eigenvalue weighted by Gasteiger charge is -2.20. The fourth-order valence-electron chi connectivity index (χ4n) is 2.72. The maximum atomic E-state index is 12.1. The monoisotopic (exact) mass is 290 g/mol. The first-order valence-corrected chi connectivity index (χ1v) is 7.68. The minimum absolute atomic E-state index is 0.0628. The van der Waals surface area contributed by atoms with Crippen LogP contribution in [0.25, 0.3) is 0 Å². The number of nitrogens with zero attached hydrogens (tertiary/aromatic N) is 2. The van der Waals surface area contributed by atoms with Crippen molar-refractivity contribution in [2.24, 2.45) is 5.73 Å². The summed E-state index contributed by atoms with van der Waals surface area (Å²) in [6.45, 7) is 8.11. The summed E-state index contributed by atoms with van der Waals surface area (Å²) in [6.07, 6.45) is 1.09. The summed E-state index contributed by atoms with van der Waals surface area (Å²) in [5.41, 5.74) is 7.63. The number of anilines is 1. The number of benzene rings is 1. The Balaban J connectivity index is 1.80. The molecule has 1 aromatic carbocycles. The van der Waals surface area contributed by atoms with Gasteiger partial charge in [-0.15, -0.1) is 0 Å². The quantitative estimate of drug-likeness (QED) is 0.846. The van der Waals surface area contributed by atoms with E-state index in [-0.39, 0.29) is 5.91 Å². The van der Waals surface area contributed by atoms with E-state index in [9.17, 15) is 4.79 Å². The van der Waals surface area contributed by atoms with Gasteiger partial charge < -0.3 is 16.0 Å². The van der Waals surface area contributed by atoms with E-state index >= 15 is 0 Å². The predicted molar refractivity (Wildman–Crippen MR) is 86.4 cm³/mol. The molecule has 1 fully saturated rings. The van der Waals surface area contributed by atoms with Gasteiger partial charge in [0.2, 0.25) is 5.91 Å².